The Bertz CT molecular complexity index is 897. The van der Waals surface area contributed by atoms with Crippen molar-refractivity contribution in [1.29, 1.82) is 0 Å². The molecule has 0 bridgehead atoms. The van der Waals surface area contributed by atoms with E-state index >= 15 is 0 Å². The molecule has 160 valence electrons. The first kappa shape index (κ1) is 21.8. The summed E-state index contributed by atoms with van der Waals surface area (Å²) < 4.78 is 13.4. The van der Waals surface area contributed by atoms with Gasteiger partial charge in [-0.1, -0.05) is 36.4 Å². The van der Waals surface area contributed by atoms with Crippen LogP contribution in [0.3, 0.4) is 0 Å². The number of hydrogen-bond acceptors (Lipinski definition) is 2. The predicted molar refractivity (Wildman–Crippen MR) is 119 cm³/mol. The van der Waals surface area contributed by atoms with Gasteiger partial charge in [0.15, 0.2) is 5.96 Å². The topological polar surface area (TPSA) is 56.7 Å². The van der Waals surface area contributed by atoms with Gasteiger partial charge in [0.25, 0.3) is 0 Å². The molecule has 5 nitrogen and oxygen atoms in total. The molecule has 6 heteroatoms. The van der Waals surface area contributed by atoms with Gasteiger partial charge in [-0.3, -0.25) is 4.79 Å². The molecule has 1 aliphatic rings. The van der Waals surface area contributed by atoms with Crippen LogP contribution in [0, 0.1) is 12.7 Å². The molecule has 1 heterocycles. The summed E-state index contributed by atoms with van der Waals surface area (Å²) in [5, 5.41) is 6.50. The number of carbonyl (C=O) groups excluding carboxylic acids is 1. The Hall–Kier alpha value is -2.89. The number of carbonyl (C=O) groups is 1. The second-order valence-electron chi connectivity index (χ2n) is 7.64. The van der Waals surface area contributed by atoms with E-state index in [9.17, 15) is 9.18 Å². The highest BCUT2D eigenvalue weighted by molar-refractivity contribution is 5.80. The van der Waals surface area contributed by atoms with E-state index in [-0.39, 0.29) is 11.7 Å². The van der Waals surface area contributed by atoms with Crippen molar-refractivity contribution in [2.75, 3.05) is 19.6 Å². The van der Waals surface area contributed by atoms with E-state index in [0.29, 0.717) is 37.6 Å². The van der Waals surface area contributed by atoms with Crippen LogP contribution in [0.4, 0.5) is 4.39 Å². The fourth-order valence-electron chi connectivity index (χ4n) is 3.63. The summed E-state index contributed by atoms with van der Waals surface area (Å²) in [5.74, 6) is 0.712. The van der Waals surface area contributed by atoms with Crippen molar-refractivity contribution in [2.45, 2.75) is 46.2 Å². The molecule has 0 aromatic heterocycles. The SMILES string of the molecule is CCNC(=NCc1ccc(F)c(C)c1)NCCCC(=O)N1CCc2ccccc2C1. The summed E-state index contributed by atoms with van der Waals surface area (Å²) in [4.78, 5) is 19.1. The first-order valence-corrected chi connectivity index (χ1v) is 10.7. The van der Waals surface area contributed by atoms with E-state index in [0.717, 1.165) is 31.5 Å². The van der Waals surface area contributed by atoms with E-state index < -0.39 is 0 Å². The molecule has 2 aromatic rings. The Morgan fingerprint density at radius 3 is 2.73 bits per heavy atom. The first-order valence-electron chi connectivity index (χ1n) is 10.7. The van der Waals surface area contributed by atoms with Gasteiger partial charge in [0.1, 0.15) is 5.82 Å². The molecule has 0 fully saturated rings. The molecular formula is C24H31FN4O. The minimum atomic E-state index is -0.199. The van der Waals surface area contributed by atoms with Crippen LogP contribution in [0.25, 0.3) is 0 Å². The molecule has 0 unspecified atom stereocenters. The lowest BCUT2D eigenvalue weighted by molar-refractivity contribution is -0.132. The normalized spacial score (nSPS) is 13.7. The third kappa shape index (κ3) is 6.05. The lowest BCUT2D eigenvalue weighted by atomic mass is 9.99. The minimum absolute atomic E-state index is 0.199. The zero-order valence-electron chi connectivity index (χ0n) is 17.9. The van der Waals surface area contributed by atoms with Crippen LogP contribution >= 0.6 is 0 Å². The zero-order chi connectivity index (χ0) is 21.3. The number of amides is 1. The number of aliphatic imine (C=N–C) groups is 1. The van der Waals surface area contributed by atoms with Gasteiger partial charge in [0.05, 0.1) is 6.54 Å². The van der Waals surface area contributed by atoms with Gasteiger partial charge < -0.3 is 15.5 Å². The second kappa shape index (κ2) is 10.8. The summed E-state index contributed by atoms with van der Waals surface area (Å²) >= 11 is 0. The van der Waals surface area contributed by atoms with E-state index in [4.69, 9.17) is 0 Å². The molecule has 0 saturated heterocycles. The van der Waals surface area contributed by atoms with Gasteiger partial charge in [0.2, 0.25) is 5.91 Å². The van der Waals surface area contributed by atoms with Crippen molar-refractivity contribution in [3.63, 3.8) is 0 Å². The van der Waals surface area contributed by atoms with Crippen LogP contribution in [0.1, 0.15) is 42.0 Å². The van der Waals surface area contributed by atoms with Crippen LogP contribution in [-0.2, 0) is 24.3 Å². The number of nitrogens with zero attached hydrogens (tertiary/aromatic N) is 2. The molecular weight excluding hydrogens is 379 g/mol. The number of aryl methyl sites for hydroxylation is 1. The fourth-order valence-corrected chi connectivity index (χ4v) is 3.63. The molecule has 0 aliphatic carbocycles. The summed E-state index contributed by atoms with van der Waals surface area (Å²) in [6.07, 6.45) is 2.20. The average molecular weight is 411 g/mol. The highest BCUT2D eigenvalue weighted by atomic mass is 19.1. The first-order chi connectivity index (χ1) is 14.6. The molecule has 3 rings (SSSR count). The molecule has 2 aromatic carbocycles. The van der Waals surface area contributed by atoms with Crippen LogP contribution in [0.5, 0.6) is 0 Å². The van der Waals surface area contributed by atoms with Crippen molar-refractivity contribution in [3.8, 4) is 0 Å². The molecule has 30 heavy (non-hydrogen) atoms. The van der Waals surface area contributed by atoms with Crippen molar-refractivity contribution in [3.05, 3.63) is 70.5 Å². The fraction of sp³-hybridized carbons (Fsp3) is 0.417. The quantitative estimate of drug-likeness (QED) is 0.417. The molecule has 1 amide bonds. The van der Waals surface area contributed by atoms with Crippen molar-refractivity contribution in [1.82, 2.24) is 15.5 Å². The number of nitrogens with one attached hydrogen (secondary N) is 2. The number of hydrogen-bond donors (Lipinski definition) is 2. The van der Waals surface area contributed by atoms with Crippen LogP contribution in [0.15, 0.2) is 47.5 Å². The summed E-state index contributed by atoms with van der Waals surface area (Å²) in [7, 11) is 0. The molecule has 0 radical (unpaired) electrons. The smallest absolute Gasteiger partial charge is 0.222 e. The monoisotopic (exact) mass is 410 g/mol. The number of halogens is 1. The van der Waals surface area contributed by atoms with Crippen molar-refractivity contribution >= 4 is 11.9 Å². The summed E-state index contributed by atoms with van der Waals surface area (Å²) in [5.41, 5.74) is 4.20. The van der Waals surface area contributed by atoms with Gasteiger partial charge in [-0.25, -0.2) is 9.38 Å². The van der Waals surface area contributed by atoms with Gasteiger partial charge in [0, 0.05) is 32.6 Å². The van der Waals surface area contributed by atoms with Crippen molar-refractivity contribution in [2.24, 2.45) is 4.99 Å². The standard InChI is InChI=1S/C24H31FN4O/c1-3-26-24(28-16-19-10-11-22(25)18(2)15-19)27-13-6-9-23(30)29-14-12-20-7-4-5-8-21(20)17-29/h4-5,7-8,10-11,15H,3,6,9,12-14,16-17H2,1-2H3,(H2,26,27,28). The molecule has 0 spiro atoms. The lowest BCUT2D eigenvalue weighted by Crippen LogP contribution is -2.39. The van der Waals surface area contributed by atoms with E-state index in [1.165, 1.54) is 17.2 Å². The van der Waals surface area contributed by atoms with E-state index in [1.807, 2.05) is 24.0 Å². The van der Waals surface area contributed by atoms with E-state index in [2.05, 4.69) is 33.8 Å². The number of rotatable bonds is 7. The van der Waals surface area contributed by atoms with Crippen LogP contribution in [0.2, 0.25) is 0 Å². The third-order valence-corrected chi connectivity index (χ3v) is 5.33. The Kier molecular flexibility index (Phi) is 7.82. The van der Waals surface area contributed by atoms with Gasteiger partial charge in [-0.15, -0.1) is 0 Å². The molecule has 1 aliphatic heterocycles. The highest BCUT2D eigenvalue weighted by Gasteiger charge is 2.19. The Morgan fingerprint density at radius 2 is 1.97 bits per heavy atom. The molecule has 0 atom stereocenters. The Balaban J connectivity index is 1.44. The van der Waals surface area contributed by atoms with Crippen LogP contribution in [-0.4, -0.2) is 36.4 Å². The lowest BCUT2D eigenvalue weighted by Gasteiger charge is -2.29. The van der Waals surface area contributed by atoms with E-state index in [1.54, 1.807) is 13.0 Å². The third-order valence-electron chi connectivity index (χ3n) is 5.33. The summed E-state index contributed by atoms with van der Waals surface area (Å²) in [6.45, 7) is 7.17. The number of fused-ring (bicyclic) bond motifs is 1. The van der Waals surface area contributed by atoms with Crippen molar-refractivity contribution < 1.29 is 9.18 Å². The maximum atomic E-state index is 13.4. The zero-order valence-corrected chi connectivity index (χ0v) is 17.9. The second-order valence-corrected chi connectivity index (χ2v) is 7.64. The molecule has 2 N–H and O–H groups in total. The number of guanidine groups is 1. The Morgan fingerprint density at radius 1 is 1.17 bits per heavy atom. The number of benzene rings is 2. The average Bonchev–Trinajstić information content (AvgIpc) is 2.76. The largest absolute Gasteiger partial charge is 0.357 e. The highest BCUT2D eigenvalue weighted by Crippen LogP contribution is 2.19. The Labute approximate surface area is 178 Å². The maximum absolute atomic E-state index is 13.4. The van der Waals surface area contributed by atoms with Gasteiger partial charge >= 0.3 is 0 Å². The van der Waals surface area contributed by atoms with Gasteiger partial charge in [-0.2, -0.15) is 0 Å². The van der Waals surface area contributed by atoms with Crippen LogP contribution < -0.4 is 10.6 Å². The predicted octanol–water partition coefficient (Wildman–Crippen LogP) is 3.55. The maximum Gasteiger partial charge on any atom is 0.222 e. The minimum Gasteiger partial charge on any atom is -0.357 e. The summed E-state index contributed by atoms with van der Waals surface area (Å²) in [6, 6.07) is 13.4. The van der Waals surface area contributed by atoms with Gasteiger partial charge in [-0.05, 0) is 55.0 Å². The molecule has 0 saturated carbocycles.